The molecule has 18 heavy (non-hydrogen) atoms. The van der Waals surface area contributed by atoms with Crippen LogP contribution in [0.25, 0.3) is 0 Å². The Morgan fingerprint density at radius 2 is 2.39 bits per heavy atom. The van der Waals surface area contributed by atoms with E-state index in [1.54, 1.807) is 0 Å². The highest BCUT2D eigenvalue weighted by atomic mass is 19.1. The molecule has 2 unspecified atom stereocenters. The first-order valence-electron chi connectivity index (χ1n) is 5.66. The largest absolute Gasteiger partial charge is 0.465 e. The Hall–Kier alpha value is -1.89. The zero-order valence-electron chi connectivity index (χ0n) is 9.71. The molecular weight excluding hydrogens is 239 g/mol. The molecule has 4 N–H and O–H groups in total. The third kappa shape index (κ3) is 2.51. The number of nitrogens with one attached hydrogen (secondary N) is 1. The quantitative estimate of drug-likeness (QED) is 0.727. The first-order chi connectivity index (χ1) is 8.59. The number of nitrogens with zero attached hydrogens (tertiary/aromatic N) is 2. The van der Waals surface area contributed by atoms with Gasteiger partial charge in [0.2, 0.25) is 0 Å². The van der Waals surface area contributed by atoms with Crippen LogP contribution >= 0.6 is 0 Å². The Kier molecular flexibility index (Phi) is 3.61. The van der Waals surface area contributed by atoms with Crippen molar-refractivity contribution in [1.82, 2.24) is 10.3 Å². The van der Waals surface area contributed by atoms with Crippen LogP contribution in [0.4, 0.5) is 20.6 Å². The summed E-state index contributed by atoms with van der Waals surface area (Å²) in [5.41, 5.74) is 6.33. The SMILES string of the molecule is Nc1cnccc1N(C(=O)O)C1CNCC(F)C1. The fourth-order valence-electron chi connectivity index (χ4n) is 2.14. The van der Waals surface area contributed by atoms with Crippen LogP contribution in [0.2, 0.25) is 0 Å². The van der Waals surface area contributed by atoms with Gasteiger partial charge in [-0.15, -0.1) is 0 Å². The van der Waals surface area contributed by atoms with Gasteiger partial charge in [0, 0.05) is 25.7 Å². The maximum absolute atomic E-state index is 13.3. The number of pyridine rings is 1. The summed E-state index contributed by atoms with van der Waals surface area (Å²) in [6.07, 6.45) is 0.822. The number of carboxylic acid groups (broad SMARTS) is 1. The fraction of sp³-hybridized carbons (Fsp3) is 0.455. The second kappa shape index (κ2) is 5.18. The smallest absolute Gasteiger partial charge is 0.412 e. The van der Waals surface area contributed by atoms with Crippen LogP contribution in [0.5, 0.6) is 0 Å². The zero-order chi connectivity index (χ0) is 13.1. The molecule has 1 aromatic rings. The number of hydrogen-bond acceptors (Lipinski definition) is 4. The maximum Gasteiger partial charge on any atom is 0.412 e. The molecule has 1 saturated heterocycles. The minimum atomic E-state index is -1.14. The highest BCUT2D eigenvalue weighted by Crippen LogP contribution is 2.26. The van der Waals surface area contributed by atoms with Gasteiger partial charge in [-0.1, -0.05) is 0 Å². The number of halogens is 1. The molecule has 1 fully saturated rings. The Bertz CT molecular complexity index is 443. The molecule has 0 spiro atoms. The first kappa shape index (κ1) is 12.6. The van der Waals surface area contributed by atoms with Gasteiger partial charge in [-0.25, -0.2) is 9.18 Å². The van der Waals surface area contributed by atoms with Crippen LogP contribution in [0.1, 0.15) is 6.42 Å². The van der Waals surface area contributed by atoms with Crippen LogP contribution in [0, 0.1) is 0 Å². The molecular formula is C11H15FN4O2. The number of anilines is 2. The summed E-state index contributed by atoms with van der Waals surface area (Å²) in [6, 6.07) is 1.06. The summed E-state index contributed by atoms with van der Waals surface area (Å²) >= 11 is 0. The lowest BCUT2D eigenvalue weighted by Gasteiger charge is -2.34. The summed E-state index contributed by atoms with van der Waals surface area (Å²) in [7, 11) is 0. The lowest BCUT2D eigenvalue weighted by molar-refractivity contribution is 0.189. The molecule has 0 aromatic carbocycles. The third-order valence-electron chi connectivity index (χ3n) is 2.93. The van der Waals surface area contributed by atoms with Crippen LogP contribution < -0.4 is 16.0 Å². The van der Waals surface area contributed by atoms with Gasteiger partial charge in [0.15, 0.2) is 0 Å². The van der Waals surface area contributed by atoms with Crippen LogP contribution in [-0.4, -0.2) is 41.5 Å². The molecule has 0 radical (unpaired) electrons. The zero-order valence-corrected chi connectivity index (χ0v) is 9.71. The number of alkyl halides is 1. The standard InChI is InChI=1S/C11H15FN4O2/c12-7-3-8(5-15-4-7)16(11(17)18)10-1-2-14-6-9(10)13/h1-2,6-8,15H,3-5,13H2,(H,17,18). The Balaban J connectivity index is 2.28. The van der Waals surface area contributed by atoms with Gasteiger partial charge < -0.3 is 16.2 Å². The molecule has 7 heteroatoms. The lowest BCUT2D eigenvalue weighted by Crippen LogP contribution is -2.52. The number of carbonyl (C=O) groups is 1. The second-order valence-electron chi connectivity index (χ2n) is 4.23. The Morgan fingerprint density at radius 1 is 1.61 bits per heavy atom. The number of aromatic nitrogens is 1. The van der Waals surface area contributed by atoms with Gasteiger partial charge in [-0.2, -0.15) is 0 Å². The van der Waals surface area contributed by atoms with Crippen molar-refractivity contribution in [3.63, 3.8) is 0 Å². The summed E-state index contributed by atoms with van der Waals surface area (Å²) in [5.74, 6) is 0. The molecule has 0 aliphatic carbocycles. The van der Waals surface area contributed by atoms with E-state index >= 15 is 0 Å². The molecule has 2 atom stereocenters. The minimum Gasteiger partial charge on any atom is -0.465 e. The van der Waals surface area contributed by atoms with Crippen LogP contribution in [0.15, 0.2) is 18.5 Å². The van der Waals surface area contributed by atoms with Crippen LogP contribution in [0.3, 0.4) is 0 Å². The molecule has 2 heterocycles. The highest BCUT2D eigenvalue weighted by Gasteiger charge is 2.31. The van der Waals surface area contributed by atoms with Crippen molar-refractivity contribution in [2.24, 2.45) is 0 Å². The number of nitrogens with two attached hydrogens (primary N) is 1. The first-order valence-corrected chi connectivity index (χ1v) is 5.66. The van der Waals surface area contributed by atoms with Crippen molar-refractivity contribution in [1.29, 1.82) is 0 Å². The number of amides is 1. The fourth-order valence-corrected chi connectivity index (χ4v) is 2.14. The van der Waals surface area contributed by atoms with Crippen molar-refractivity contribution < 1.29 is 14.3 Å². The molecule has 0 bridgehead atoms. The molecule has 6 nitrogen and oxygen atoms in total. The summed E-state index contributed by atoms with van der Waals surface area (Å²) in [4.78, 5) is 16.3. The molecule has 2 rings (SSSR count). The number of nitrogen functional groups attached to an aromatic ring is 1. The summed E-state index contributed by atoms with van der Waals surface area (Å²) in [6.45, 7) is 0.671. The Morgan fingerprint density at radius 3 is 3.00 bits per heavy atom. The van der Waals surface area contributed by atoms with E-state index < -0.39 is 18.3 Å². The molecule has 1 amide bonds. The molecule has 1 aliphatic rings. The van der Waals surface area contributed by atoms with Gasteiger partial charge >= 0.3 is 6.09 Å². The van der Waals surface area contributed by atoms with E-state index in [9.17, 15) is 14.3 Å². The average molecular weight is 254 g/mol. The normalized spacial score (nSPS) is 23.6. The second-order valence-corrected chi connectivity index (χ2v) is 4.23. The van der Waals surface area contributed by atoms with E-state index in [0.29, 0.717) is 12.2 Å². The Labute approximate surface area is 104 Å². The van der Waals surface area contributed by atoms with Crippen molar-refractivity contribution >= 4 is 17.5 Å². The number of hydrogen-bond donors (Lipinski definition) is 3. The van der Waals surface area contributed by atoms with E-state index in [0.717, 1.165) is 4.90 Å². The van der Waals surface area contributed by atoms with E-state index in [1.165, 1.54) is 18.5 Å². The van der Waals surface area contributed by atoms with E-state index in [1.807, 2.05) is 0 Å². The van der Waals surface area contributed by atoms with Gasteiger partial charge in [0.05, 0.1) is 23.6 Å². The van der Waals surface area contributed by atoms with E-state index in [2.05, 4.69) is 10.3 Å². The molecule has 1 aromatic heterocycles. The van der Waals surface area contributed by atoms with Crippen molar-refractivity contribution in [3.8, 4) is 0 Å². The number of piperidine rings is 1. The van der Waals surface area contributed by atoms with Crippen LogP contribution in [-0.2, 0) is 0 Å². The maximum atomic E-state index is 13.3. The summed E-state index contributed by atoms with van der Waals surface area (Å²) in [5, 5.41) is 12.2. The van der Waals surface area contributed by atoms with Crippen molar-refractivity contribution in [3.05, 3.63) is 18.5 Å². The number of rotatable bonds is 2. The predicted octanol–water partition coefficient (Wildman–Crippen LogP) is 0.848. The monoisotopic (exact) mass is 254 g/mol. The molecule has 0 saturated carbocycles. The average Bonchev–Trinajstić information content (AvgIpc) is 2.32. The van der Waals surface area contributed by atoms with Gasteiger partial charge in [-0.3, -0.25) is 9.88 Å². The topological polar surface area (TPSA) is 91.5 Å². The third-order valence-corrected chi connectivity index (χ3v) is 2.93. The molecule has 98 valence electrons. The molecule has 1 aliphatic heterocycles. The van der Waals surface area contributed by atoms with Crippen molar-refractivity contribution in [2.45, 2.75) is 18.6 Å². The van der Waals surface area contributed by atoms with Gasteiger partial charge in [0.25, 0.3) is 0 Å². The summed E-state index contributed by atoms with van der Waals surface area (Å²) < 4.78 is 13.3. The highest BCUT2D eigenvalue weighted by molar-refractivity contribution is 5.90. The lowest BCUT2D eigenvalue weighted by atomic mass is 10.0. The minimum absolute atomic E-state index is 0.168. The predicted molar refractivity (Wildman–Crippen MR) is 65.3 cm³/mol. The van der Waals surface area contributed by atoms with E-state index in [4.69, 9.17) is 5.73 Å². The van der Waals surface area contributed by atoms with E-state index in [-0.39, 0.29) is 18.7 Å². The van der Waals surface area contributed by atoms with Crippen molar-refractivity contribution in [2.75, 3.05) is 23.7 Å². The van der Waals surface area contributed by atoms with Gasteiger partial charge in [-0.05, 0) is 6.07 Å². The van der Waals surface area contributed by atoms with Gasteiger partial charge in [0.1, 0.15) is 6.17 Å².